The van der Waals surface area contributed by atoms with Crippen LogP contribution in [-0.2, 0) is 16.0 Å². The first-order valence-corrected chi connectivity index (χ1v) is 11.5. The lowest BCUT2D eigenvalue weighted by molar-refractivity contribution is 0.0322. The SMILES string of the molecule is CCNC(=NCc1ccccc1OCCN1CCOCC1)NCC1(CCO)CCOC1. The number of rotatable bonds is 11. The van der Waals surface area contributed by atoms with E-state index in [0.29, 0.717) is 19.8 Å². The predicted molar refractivity (Wildman–Crippen MR) is 122 cm³/mol. The van der Waals surface area contributed by atoms with Crippen molar-refractivity contribution in [3.8, 4) is 5.75 Å². The van der Waals surface area contributed by atoms with Crippen LogP contribution in [0.5, 0.6) is 5.75 Å². The molecule has 1 aromatic rings. The molecule has 2 fully saturated rings. The Balaban J connectivity index is 1.54. The zero-order valence-corrected chi connectivity index (χ0v) is 18.8. The maximum absolute atomic E-state index is 9.44. The van der Waals surface area contributed by atoms with Crippen LogP contribution >= 0.6 is 0 Å². The highest BCUT2D eigenvalue weighted by Gasteiger charge is 2.34. The van der Waals surface area contributed by atoms with Crippen LogP contribution in [0, 0.1) is 5.41 Å². The first-order chi connectivity index (χ1) is 15.2. The summed E-state index contributed by atoms with van der Waals surface area (Å²) in [5, 5.41) is 16.2. The maximum Gasteiger partial charge on any atom is 0.191 e. The van der Waals surface area contributed by atoms with Gasteiger partial charge in [-0.15, -0.1) is 0 Å². The van der Waals surface area contributed by atoms with Crippen molar-refractivity contribution in [1.29, 1.82) is 0 Å². The zero-order valence-electron chi connectivity index (χ0n) is 18.8. The second-order valence-corrected chi connectivity index (χ2v) is 8.24. The van der Waals surface area contributed by atoms with Gasteiger partial charge in [0.2, 0.25) is 0 Å². The fourth-order valence-electron chi connectivity index (χ4n) is 3.97. The monoisotopic (exact) mass is 434 g/mol. The molecule has 1 aromatic carbocycles. The Kier molecular flexibility index (Phi) is 9.86. The summed E-state index contributed by atoms with van der Waals surface area (Å²) in [5.41, 5.74) is 1.04. The fraction of sp³-hybridized carbons (Fsp3) is 0.696. The molecule has 8 heteroatoms. The normalized spacial score (nSPS) is 22.5. The van der Waals surface area contributed by atoms with Crippen molar-refractivity contribution in [2.45, 2.75) is 26.3 Å². The summed E-state index contributed by atoms with van der Waals surface area (Å²) in [6, 6.07) is 8.09. The standard InChI is InChI=1S/C23H38N4O4/c1-2-24-22(26-18-23(7-12-28)8-13-30-19-23)25-17-20-5-3-4-6-21(20)31-16-11-27-9-14-29-15-10-27/h3-6,28H,2,7-19H2,1H3,(H2,24,25,26). The summed E-state index contributed by atoms with van der Waals surface area (Å²) < 4.78 is 17.1. The first kappa shape index (κ1) is 23.8. The summed E-state index contributed by atoms with van der Waals surface area (Å²) in [4.78, 5) is 7.15. The van der Waals surface area contributed by atoms with Gasteiger partial charge in [-0.1, -0.05) is 18.2 Å². The smallest absolute Gasteiger partial charge is 0.191 e. The number of hydrogen-bond acceptors (Lipinski definition) is 6. The van der Waals surface area contributed by atoms with Crippen LogP contribution in [0.4, 0.5) is 0 Å². The quantitative estimate of drug-likeness (QED) is 0.357. The third-order valence-corrected chi connectivity index (χ3v) is 5.95. The van der Waals surface area contributed by atoms with E-state index in [1.807, 2.05) is 18.2 Å². The van der Waals surface area contributed by atoms with E-state index in [1.165, 1.54) is 0 Å². The Hall–Kier alpha value is -1.87. The molecule has 2 aliphatic rings. The van der Waals surface area contributed by atoms with Crippen molar-refractivity contribution in [1.82, 2.24) is 15.5 Å². The van der Waals surface area contributed by atoms with Gasteiger partial charge in [-0.05, 0) is 25.8 Å². The van der Waals surface area contributed by atoms with E-state index < -0.39 is 0 Å². The summed E-state index contributed by atoms with van der Waals surface area (Å²) in [5.74, 6) is 1.66. The summed E-state index contributed by atoms with van der Waals surface area (Å²) in [6.07, 6.45) is 1.69. The van der Waals surface area contributed by atoms with Gasteiger partial charge in [-0.2, -0.15) is 0 Å². The number of aliphatic hydroxyl groups excluding tert-OH is 1. The number of hydrogen-bond donors (Lipinski definition) is 3. The van der Waals surface area contributed by atoms with Crippen LogP contribution in [0.1, 0.15) is 25.3 Å². The summed E-state index contributed by atoms with van der Waals surface area (Å²) in [7, 11) is 0. The second-order valence-electron chi connectivity index (χ2n) is 8.24. The minimum Gasteiger partial charge on any atom is -0.492 e. The number of ether oxygens (including phenoxy) is 3. The molecule has 2 heterocycles. The lowest BCUT2D eigenvalue weighted by Gasteiger charge is -2.27. The first-order valence-electron chi connectivity index (χ1n) is 11.5. The molecule has 0 saturated carbocycles. The largest absolute Gasteiger partial charge is 0.492 e. The molecule has 2 aliphatic heterocycles. The third-order valence-electron chi connectivity index (χ3n) is 5.95. The molecule has 2 saturated heterocycles. The number of guanidine groups is 1. The van der Waals surface area contributed by atoms with E-state index in [-0.39, 0.29) is 12.0 Å². The molecule has 0 aliphatic carbocycles. The van der Waals surface area contributed by atoms with E-state index >= 15 is 0 Å². The highest BCUT2D eigenvalue weighted by Crippen LogP contribution is 2.31. The third kappa shape index (κ3) is 7.64. The molecule has 3 N–H and O–H groups in total. The van der Waals surface area contributed by atoms with Crippen LogP contribution < -0.4 is 15.4 Å². The Bertz CT molecular complexity index is 673. The Morgan fingerprint density at radius 3 is 2.77 bits per heavy atom. The molecule has 0 amide bonds. The predicted octanol–water partition coefficient (Wildman–Crippen LogP) is 1.24. The van der Waals surface area contributed by atoms with Gasteiger partial charge >= 0.3 is 0 Å². The average molecular weight is 435 g/mol. The molecule has 8 nitrogen and oxygen atoms in total. The number of morpholine rings is 1. The van der Waals surface area contributed by atoms with Crippen molar-refractivity contribution >= 4 is 5.96 Å². The summed E-state index contributed by atoms with van der Waals surface area (Å²) >= 11 is 0. The van der Waals surface area contributed by atoms with Crippen LogP contribution in [0.2, 0.25) is 0 Å². The molecular weight excluding hydrogens is 396 g/mol. The number of para-hydroxylation sites is 1. The molecule has 0 spiro atoms. The molecular formula is C23H38N4O4. The number of nitrogens with one attached hydrogen (secondary N) is 2. The van der Waals surface area contributed by atoms with Crippen LogP contribution in [0.15, 0.2) is 29.3 Å². The number of aliphatic hydroxyl groups is 1. The van der Waals surface area contributed by atoms with E-state index in [9.17, 15) is 5.11 Å². The number of nitrogens with zero attached hydrogens (tertiary/aromatic N) is 2. The van der Waals surface area contributed by atoms with Crippen LogP contribution in [0.25, 0.3) is 0 Å². The molecule has 1 unspecified atom stereocenters. The number of aliphatic imine (C=N–C) groups is 1. The van der Waals surface area contributed by atoms with Crippen molar-refractivity contribution in [3.05, 3.63) is 29.8 Å². The highest BCUT2D eigenvalue weighted by molar-refractivity contribution is 5.79. The van der Waals surface area contributed by atoms with Gasteiger partial charge in [0.05, 0.1) is 26.4 Å². The molecule has 0 bridgehead atoms. The Labute approximate surface area is 186 Å². The van der Waals surface area contributed by atoms with Crippen molar-refractivity contribution in [3.63, 3.8) is 0 Å². The van der Waals surface area contributed by atoms with Crippen LogP contribution in [0.3, 0.4) is 0 Å². The van der Waals surface area contributed by atoms with E-state index in [2.05, 4.69) is 28.5 Å². The van der Waals surface area contributed by atoms with Crippen molar-refractivity contribution in [2.75, 3.05) is 72.4 Å². The lowest BCUT2D eigenvalue weighted by Crippen LogP contribution is -2.44. The van der Waals surface area contributed by atoms with Crippen LogP contribution in [-0.4, -0.2) is 88.3 Å². The molecule has 0 radical (unpaired) electrons. The minimum atomic E-state index is -0.0224. The van der Waals surface area contributed by atoms with E-state index in [1.54, 1.807) is 0 Å². The Morgan fingerprint density at radius 1 is 1.19 bits per heavy atom. The van der Waals surface area contributed by atoms with Gasteiger partial charge in [0, 0.05) is 56.9 Å². The zero-order chi connectivity index (χ0) is 21.8. The number of benzene rings is 1. The molecule has 0 aromatic heterocycles. The fourth-order valence-corrected chi connectivity index (χ4v) is 3.97. The summed E-state index contributed by atoms with van der Waals surface area (Å²) in [6.45, 7) is 10.8. The van der Waals surface area contributed by atoms with Gasteiger partial charge in [-0.25, -0.2) is 4.99 Å². The molecule has 1 atom stereocenters. The van der Waals surface area contributed by atoms with Crippen molar-refractivity contribution < 1.29 is 19.3 Å². The molecule has 3 rings (SSSR count). The highest BCUT2D eigenvalue weighted by atomic mass is 16.5. The van der Waals surface area contributed by atoms with Gasteiger partial charge < -0.3 is 30.0 Å². The average Bonchev–Trinajstić information content (AvgIpc) is 3.26. The molecule has 174 valence electrons. The van der Waals surface area contributed by atoms with Gasteiger partial charge in [0.1, 0.15) is 12.4 Å². The van der Waals surface area contributed by atoms with Gasteiger partial charge in [-0.3, -0.25) is 4.90 Å². The van der Waals surface area contributed by atoms with E-state index in [4.69, 9.17) is 19.2 Å². The van der Waals surface area contributed by atoms with Gasteiger partial charge in [0.25, 0.3) is 0 Å². The van der Waals surface area contributed by atoms with Crippen molar-refractivity contribution in [2.24, 2.45) is 10.4 Å². The lowest BCUT2D eigenvalue weighted by atomic mass is 9.84. The Morgan fingerprint density at radius 2 is 2.03 bits per heavy atom. The second kappa shape index (κ2) is 12.9. The van der Waals surface area contributed by atoms with E-state index in [0.717, 1.165) is 82.7 Å². The molecule has 31 heavy (non-hydrogen) atoms. The topological polar surface area (TPSA) is 87.6 Å². The van der Waals surface area contributed by atoms with Gasteiger partial charge in [0.15, 0.2) is 5.96 Å². The maximum atomic E-state index is 9.44. The minimum absolute atomic E-state index is 0.0224.